The number of halogens is 1. The van der Waals surface area contributed by atoms with Gasteiger partial charge in [0.1, 0.15) is 6.04 Å². The Bertz CT molecular complexity index is 657. The zero-order valence-electron chi connectivity index (χ0n) is 12.7. The van der Waals surface area contributed by atoms with Gasteiger partial charge in [0.05, 0.1) is 24.9 Å². The molecule has 1 unspecified atom stereocenters. The number of nitrogens with one attached hydrogen (secondary N) is 1. The summed E-state index contributed by atoms with van der Waals surface area (Å²) in [5, 5.41) is 7.00. The average Bonchev–Trinajstić information content (AvgIpc) is 2.97. The smallest absolute Gasteiger partial charge is 0.244 e. The van der Waals surface area contributed by atoms with Crippen LogP contribution in [0.3, 0.4) is 0 Å². The van der Waals surface area contributed by atoms with Crippen LogP contribution in [0, 0.1) is 0 Å². The topological polar surface area (TPSA) is 65.4 Å². The highest BCUT2D eigenvalue weighted by molar-refractivity contribution is 9.10. The van der Waals surface area contributed by atoms with Crippen molar-refractivity contribution in [1.82, 2.24) is 15.1 Å². The number of hydrogen-bond donors (Lipinski definition) is 1. The number of amides is 1. The van der Waals surface area contributed by atoms with Crippen LogP contribution in [0.25, 0.3) is 0 Å². The van der Waals surface area contributed by atoms with E-state index in [4.69, 9.17) is 9.47 Å². The molecule has 118 valence electrons. The molecule has 22 heavy (non-hydrogen) atoms. The maximum atomic E-state index is 12.2. The molecular formula is C15H18BrN3O3. The van der Waals surface area contributed by atoms with Gasteiger partial charge in [-0.05, 0) is 40.5 Å². The van der Waals surface area contributed by atoms with Crippen LogP contribution in [0.5, 0.6) is 11.5 Å². The predicted octanol–water partition coefficient (Wildman–Crippen LogP) is 2.54. The van der Waals surface area contributed by atoms with Gasteiger partial charge in [0, 0.05) is 12.7 Å². The largest absolute Gasteiger partial charge is 0.493 e. The van der Waals surface area contributed by atoms with Crippen LogP contribution in [0.2, 0.25) is 0 Å². The van der Waals surface area contributed by atoms with Gasteiger partial charge in [-0.25, -0.2) is 0 Å². The van der Waals surface area contributed by atoms with Crippen LogP contribution in [0.15, 0.2) is 35.1 Å². The number of aromatic nitrogens is 2. The highest BCUT2D eigenvalue weighted by Crippen LogP contribution is 2.27. The van der Waals surface area contributed by atoms with Gasteiger partial charge in [0.25, 0.3) is 0 Å². The summed E-state index contributed by atoms with van der Waals surface area (Å²) in [5.41, 5.74) is 0.930. The van der Waals surface area contributed by atoms with E-state index < -0.39 is 0 Å². The number of hydrogen-bond acceptors (Lipinski definition) is 4. The lowest BCUT2D eigenvalue weighted by Gasteiger charge is -2.14. The molecule has 1 aromatic heterocycles. The molecule has 0 aliphatic heterocycles. The number of carbonyl (C=O) groups excluding carboxylic acids is 1. The number of rotatable bonds is 6. The Kier molecular flexibility index (Phi) is 5.43. The Balaban J connectivity index is 1.99. The number of methoxy groups -OCH3 is 2. The van der Waals surface area contributed by atoms with Crippen molar-refractivity contribution >= 4 is 21.8 Å². The van der Waals surface area contributed by atoms with Gasteiger partial charge in [-0.1, -0.05) is 6.07 Å². The minimum Gasteiger partial charge on any atom is -0.493 e. The molecule has 1 N–H and O–H groups in total. The van der Waals surface area contributed by atoms with Gasteiger partial charge in [-0.2, -0.15) is 5.10 Å². The quantitative estimate of drug-likeness (QED) is 0.851. The van der Waals surface area contributed by atoms with E-state index in [0.717, 1.165) is 10.0 Å². The molecule has 0 aliphatic carbocycles. The SMILES string of the molecule is COc1ccc(CNC(=O)C(C)n2cc(Br)cn2)cc1OC. The average molecular weight is 368 g/mol. The summed E-state index contributed by atoms with van der Waals surface area (Å²) in [4.78, 5) is 12.2. The van der Waals surface area contributed by atoms with E-state index in [1.807, 2.05) is 18.2 Å². The van der Waals surface area contributed by atoms with Crippen LogP contribution in [-0.2, 0) is 11.3 Å². The standard InChI is InChI=1S/C15H18BrN3O3/c1-10(19-9-12(16)8-18-19)15(20)17-7-11-4-5-13(21-2)14(6-11)22-3/h4-6,8-10H,7H2,1-3H3,(H,17,20). The third-order valence-electron chi connectivity index (χ3n) is 3.26. The lowest BCUT2D eigenvalue weighted by atomic mass is 10.2. The van der Waals surface area contributed by atoms with Crippen molar-refractivity contribution in [2.24, 2.45) is 0 Å². The first-order valence-electron chi connectivity index (χ1n) is 6.73. The summed E-state index contributed by atoms with van der Waals surface area (Å²) in [7, 11) is 3.17. The maximum absolute atomic E-state index is 12.2. The van der Waals surface area contributed by atoms with Crippen molar-refractivity contribution in [2.75, 3.05) is 14.2 Å². The van der Waals surface area contributed by atoms with E-state index in [-0.39, 0.29) is 11.9 Å². The minimum absolute atomic E-state index is 0.106. The van der Waals surface area contributed by atoms with E-state index in [9.17, 15) is 4.79 Å². The monoisotopic (exact) mass is 367 g/mol. The van der Waals surface area contributed by atoms with Gasteiger partial charge in [-0.3, -0.25) is 9.48 Å². The summed E-state index contributed by atoms with van der Waals surface area (Å²) in [6, 6.07) is 5.16. The van der Waals surface area contributed by atoms with E-state index in [1.54, 1.807) is 38.2 Å². The van der Waals surface area contributed by atoms with Crippen molar-refractivity contribution < 1.29 is 14.3 Å². The van der Waals surface area contributed by atoms with E-state index in [1.165, 1.54) is 0 Å². The molecule has 7 heteroatoms. The predicted molar refractivity (Wildman–Crippen MR) is 86.0 cm³/mol. The summed E-state index contributed by atoms with van der Waals surface area (Å²) < 4.78 is 12.9. The molecule has 2 aromatic rings. The fraction of sp³-hybridized carbons (Fsp3) is 0.333. The molecule has 0 saturated carbocycles. The Morgan fingerprint density at radius 2 is 2.09 bits per heavy atom. The summed E-state index contributed by atoms with van der Waals surface area (Å²) in [5.74, 6) is 1.19. The Morgan fingerprint density at radius 3 is 2.68 bits per heavy atom. The molecule has 1 heterocycles. The lowest BCUT2D eigenvalue weighted by Crippen LogP contribution is -2.30. The zero-order valence-corrected chi connectivity index (χ0v) is 14.3. The molecule has 0 aliphatic rings. The van der Waals surface area contributed by atoms with Crippen molar-refractivity contribution in [2.45, 2.75) is 19.5 Å². The Morgan fingerprint density at radius 1 is 1.36 bits per heavy atom. The van der Waals surface area contributed by atoms with Crippen LogP contribution < -0.4 is 14.8 Å². The van der Waals surface area contributed by atoms with Crippen molar-refractivity contribution in [3.8, 4) is 11.5 Å². The van der Waals surface area contributed by atoms with Crippen LogP contribution in [0.4, 0.5) is 0 Å². The molecular weight excluding hydrogens is 350 g/mol. The van der Waals surface area contributed by atoms with Crippen LogP contribution in [-0.4, -0.2) is 29.9 Å². The van der Waals surface area contributed by atoms with Gasteiger partial charge in [0.15, 0.2) is 11.5 Å². The van der Waals surface area contributed by atoms with Crippen LogP contribution >= 0.6 is 15.9 Å². The van der Waals surface area contributed by atoms with Gasteiger partial charge >= 0.3 is 0 Å². The normalized spacial score (nSPS) is 11.8. The fourth-order valence-corrected chi connectivity index (χ4v) is 2.28. The molecule has 0 bridgehead atoms. The Labute approximate surface area is 137 Å². The number of ether oxygens (including phenoxy) is 2. The van der Waals surface area contributed by atoms with E-state index in [2.05, 4.69) is 26.3 Å². The van der Waals surface area contributed by atoms with Gasteiger partial charge in [0.2, 0.25) is 5.91 Å². The van der Waals surface area contributed by atoms with Crippen LogP contribution in [0.1, 0.15) is 18.5 Å². The second-order valence-corrected chi connectivity index (χ2v) is 5.64. The third kappa shape index (κ3) is 3.79. The lowest BCUT2D eigenvalue weighted by molar-refractivity contribution is -0.124. The first-order chi connectivity index (χ1) is 10.5. The van der Waals surface area contributed by atoms with Crippen molar-refractivity contribution in [3.05, 3.63) is 40.6 Å². The van der Waals surface area contributed by atoms with E-state index in [0.29, 0.717) is 18.0 Å². The molecule has 2 rings (SSSR count). The van der Waals surface area contributed by atoms with Gasteiger partial charge in [-0.15, -0.1) is 0 Å². The minimum atomic E-state index is -0.383. The highest BCUT2D eigenvalue weighted by atomic mass is 79.9. The van der Waals surface area contributed by atoms with Crippen molar-refractivity contribution in [3.63, 3.8) is 0 Å². The third-order valence-corrected chi connectivity index (χ3v) is 3.67. The van der Waals surface area contributed by atoms with Gasteiger partial charge < -0.3 is 14.8 Å². The molecule has 0 saturated heterocycles. The summed E-state index contributed by atoms with van der Waals surface area (Å²) >= 11 is 3.31. The number of carbonyl (C=O) groups is 1. The number of benzene rings is 1. The molecule has 0 radical (unpaired) electrons. The number of nitrogens with zero attached hydrogens (tertiary/aromatic N) is 2. The first-order valence-corrected chi connectivity index (χ1v) is 7.52. The fourth-order valence-electron chi connectivity index (χ4n) is 1.97. The van der Waals surface area contributed by atoms with Crippen molar-refractivity contribution in [1.29, 1.82) is 0 Å². The molecule has 1 atom stereocenters. The Hall–Kier alpha value is -2.02. The first kappa shape index (κ1) is 16.4. The summed E-state index contributed by atoms with van der Waals surface area (Å²) in [6.45, 7) is 2.20. The second-order valence-electron chi connectivity index (χ2n) is 4.72. The molecule has 6 nitrogen and oxygen atoms in total. The zero-order chi connectivity index (χ0) is 16.1. The van der Waals surface area contributed by atoms with E-state index >= 15 is 0 Å². The molecule has 1 amide bonds. The highest BCUT2D eigenvalue weighted by Gasteiger charge is 2.15. The molecule has 1 aromatic carbocycles. The second kappa shape index (κ2) is 7.31. The maximum Gasteiger partial charge on any atom is 0.244 e. The molecule has 0 spiro atoms. The molecule has 0 fully saturated rings. The summed E-state index contributed by atoms with van der Waals surface area (Å²) in [6.07, 6.45) is 3.42.